The van der Waals surface area contributed by atoms with E-state index in [2.05, 4.69) is 9.97 Å². The Morgan fingerprint density at radius 3 is 2.88 bits per heavy atom. The summed E-state index contributed by atoms with van der Waals surface area (Å²) < 4.78 is 26.9. The fourth-order valence-corrected chi connectivity index (χ4v) is 2.71. The molecule has 128 valence electrons. The first-order chi connectivity index (χ1) is 11.4. The van der Waals surface area contributed by atoms with Gasteiger partial charge in [-0.2, -0.15) is 0 Å². The zero-order valence-corrected chi connectivity index (χ0v) is 13.1. The highest BCUT2D eigenvalue weighted by Gasteiger charge is 2.29. The molecule has 0 saturated carbocycles. The van der Waals surface area contributed by atoms with Gasteiger partial charge < -0.3 is 20.7 Å². The third kappa shape index (κ3) is 3.02. The number of amides is 1. The second-order valence-corrected chi connectivity index (χ2v) is 5.91. The Hall–Kier alpha value is -2.32. The average Bonchev–Trinajstić information content (AvgIpc) is 2.95. The molecule has 0 radical (unpaired) electrons. The highest BCUT2D eigenvalue weighted by Crippen LogP contribution is 2.25. The lowest BCUT2D eigenvalue weighted by molar-refractivity contribution is -0.135. The molecule has 2 atom stereocenters. The molecule has 6 nitrogen and oxygen atoms in total. The first-order valence-electron chi connectivity index (χ1n) is 7.62. The van der Waals surface area contributed by atoms with Crippen molar-refractivity contribution in [2.45, 2.75) is 32.0 Å². The molecule has 0 spiro atoms. The highest BCUT2D eigenvalue weighted by atomic mass is 19.1. The van der Waals surface area contributed by atoms with Crippen LogP contribution in [0.5, 0.6) is 0 Å². The fraction of sp³-hybridized carbons (Fsp3) is 0.375. The molecule has 24 heavy (non-hydrogen) atoms. The average molecular weight is 336 g/mol. The molecular weight excluding hydrogens is 318 g/mol. The van der Waals surface area contributed by atoms with Gasteiger partial charge in [0, 0.05) is 19.0 Å². The van der Waals surface area contributed by atoms with Crippen molar-refractivity contribution in [3.63, 3.8) is 0 Å². The number of hydrogen-bond donors (Lipinski definition) is 3. The summed E-state index contributed by atoms with van der Waals surface area (Å²) >= 11 is 0. The molecule has 0 fully saturated rings. The van der Waals surface area contributed by atoms with E-state index in [9.17, 15) is 18.7 Å². The molecule has 2 heterocycles. The van der Waals surface area contributed by atoms with Gasteiger partial charge in [0.1, 0.15) is 23.5 Å². The molecule has 0 aliphatic carbocycles. The maximum atomic E-state index is 13.9. The zero-order valence-electron chi connectivity index (χ0n) is 13.1. The van der Waals surface area contributed by atoms with Gasteiger partial charge in [0.15, 0.2) is 0 Å². The van der Waals surface area contributed by atoms with Crippen LogP contribution in [-0.2, 0) is 17.8 Å². The first kappa shape index (κ1) is 16.5. The number of rotatable bonds is 3. The summed E-state index contributed by atoms with van der Waals surface area (Å²) in [5, 5.41) is 9.46. The predicted molar refractivity (Wildman–Crippen MR) is 82.7 cm³/mol. The van der Waals surface area contributed by atoms with Crippen LogP contribution < -0.4 is 5.73 Å². The summed E-state index contributed by atoms with van der Waals surface area (Å²) in [6, 6.07) is 2.30. The minimum atomic E-state index is -0.983. The molecule has 0 bridgehead atoms. The lowest BCUT2D eigenvalue weighted by atomic mass is 10.1. The highest BCUT2D eigenvalue weighted by molar-refractivity contribution is 5.82. The summed E-state index contributed by atoms with van der Waals surface area (Å²) in [6.07, 6.45) is -0.447. The van der Waals surface area contributed by atoms with Gasteiger partial charge in [-0.3, -0.25) is 4.79 Å². The van der Waals surface area contributed by atoms with Gasteiger partial charge in [-0.15, -0.1) is 0 Å². The van der Waals surface area contributed by atoms with Crippen molar-refractivity contribution < 1.29 is 18.7 Å². The molecule has 1 aromatic heterocycles. The molecule has 3 rings (SSSR count). The number of H-pyrrole nitrogens is 1. The molecule has 4 N–H and O–H groups in total. The molecule has 8 heteroatoms. The van der Waals surface area contributed by atoms with Gasteiger partial charge in [-0.05, 0) is 19.1 Å². The standard InChI is InChI=1S/C16H18F2N4O2/c1-8(23)14(19)16(24)22-5-4-12-13(7-22)21-15(20-12)10-3-2-9(17)6-11(10)18/h2-3,6,8,14,23H,4-5,7,19H2,1H3,(H,20,21)/t8-,14+/m1/s1. The van der Waals surface area contributed by atoms with Crippen LogP contribution in [0.3, 0.4) is 0 Å². The Balaban J connectivity index is 1.84. The smallest absolute Gasteiger partial charge is 0.242 e. The number of carbonyl (C=O) groups is 1. The third-order valence-corrected chi connectivity index (χ3v) is 4.13. The summed E-state index contributed by atoms with van der Waals surface area (Å²) in [5.74, 6) is -1.41. The van der Waals surface area contributed by atoms with E-state index in [1.54, 1.807) is 0 Å². The number of imidazole rings is 1. The van der Waals surface area contributed by atoms with Crippen molar-refractivity contribution in [2.24, 2.45) is 5.73 Å². The summed E-state index contributed by atoms with van der Waals surface area (Å²) in [7, 11) is 0. The number of nitrogens with one attached hydrogen (secondary N) is 1. The Labute approximate surface area is 137 Å². The van der Waals surface area contributed by atoms with Gasteiger partial charge in [0.05, 0.1) is 29.6 Å². The number of nitrogens with two attached hydrogens (primary N) is 1. The summed E-state index contributed by atoms with van der Waals surface area (Å²) in [4.78, 5) is 21.1. The maximum Gasteiger partial charge on any atom is 0.242 e. The van der Waals surface area contributed by atoms with Crippen molar-refractivity contribution in [3.8, 4) is 11.4 Å². The van der Waals surface area contributed by atoms with Crippen LogP contribution in [0.25, 0.3) is 11.4 Å². The number of aliphatic hydroxyl groups excluding tert-OH is 1. The topological polar surface area (TPSA) is 95.2 Å². The van der Waals surface area contributed by atoms with Crippen LogP contribution in [0.15, 0.2) is 18.2 Å². The number of aliphatic hydroxyl groups is 1. The summed E-state index contributed by atoms with van der Waals surface area (Å²) in [5.41, 5.74) is 7.29. The van der Waals surface area contributed by atoms with E-state index in [1.807, 2.05) is 0 Å². The molecule has 0 unspecified atom stereocenters. The van der Waals surface area contributed by atoms with Gasteiger partial charge in [-0.25, -0.2) is 13.8 Å². The fourth-order valence-electron chi connectivity index (χ4n) is 2.71. The minimum absolute atomic E-state index is 0.171. The molecule has 2 aromatic rings. The van der Waals surface area contributed by atoms with Crippen LogP contribution >= 0.6 is 0 Å². The van der Waals surface area contributed by atoms with Crippen LogP contribution in [0.1, 0.15) is 18.3 Å². The Bertz CT molecular complexity index is 775. The van der Waals surface area contributed by atoms with Crippen molar-refractivity contribution >= 4 is 5.91 Å². The minimum Gasteiger partial charge on any atom is -0.391 e. The second kappa shape index (κ2) is 6.29. The van der Waals surface area contributed by atoms with E-state index in [1.165, 1.54) is 17.9 Å². The van der Waals surface area contributed by atoms with E-state index >= 15 is 0 Å². The van der Waals surface area contributed by atoms with E-state index in [-0.39, 0.29) is 18.0 Å². The zero-order chi connectivity index (χ0) is 17.4. The quantitative estimate of drug-likeness (QED) is 0.778. The third-order valence-electron chi connectivity index (χ3n) is 4.13. The first-order valence-corrected chi connectivity index (χ1v) is 7.62. The van der Waals surface area contributed by atoms with Gasteiger partial charge in [0.25, 0.3) is 0 Å². The van der Waals surface area contributed by atoms with E-state index in [0.717, 1.165) is 17.8 Å². The maximum absolute atomic E-state index is 13.9. The number of fused-ring (bicyclic) bond motifs is 1. The van der Waals surface area contributed by atoms with Crippen LogP contribution in [0, 0.1) is 11.6 Å². The number of aromatic nitrogens is 2. The normalized spacial score (nSPS) is 16.6. The molecule has 1 aliphatic heterocycles. The lowest BCUT2D eigenvalue weighted by Gasteiger charge is -2.29. The van der Waals surface area contributed by atoms with Crippen molar-refractivity contribution in [1.29, 1.82) is 0 Å². The number of aromatic amines is 1. The second-order valence-electron chi connectivity index (χ2n) is 5.91. The lowest BCUT2D eigenvalue weighted by Crippen LogP contribution is -2.50. The predicted octanol–water partition coefficient (Wildman–Crippen LogP) is 0.948. The van der Waals surface area contributed by atoms with Crippen LogP contribution in [0.2, 0.25) is 0 Å². The van der Waals surface area contributed by atoms with E-state index in [4.69, 9.17) is 5.73 Å². The number of benzene rings is 1. The van der Waals surface area contributed by atoms with Crippen LogP contribution in [0.4, 0.5) is 8.78 Å². The van der Waals surface area contributed by atoms with E-state index in [0.29, 0.717) is 24.5 Å². The monoisotopic (exact) mass is 336 g/mol. The molecule has 0 saturated heterocycles. The van der Waals surface area contributed by atoms with E-state index < -0.39 is 23.8 Å². The van der Waals surface area contributed by atoms with Gasteiger partial charge in [-0.1, -0.05) is 0 Å². The summed E-state index contributed by atoms with van der Waals surface area (Å²) in [6.45, 7) is 2.14. The van der Waals surface area contributed by atoms with Crippen molar-refractivity contribution in [2.75, 3.05) is 6.54 Å². The Morgan fingerprint density at radius 2 is 2.21 bits per heavy atom. The SMILES string of the molecule is C[C@@H](O)[C@H](N)C(=O)N1CCc2nc(-c3ccc(F)cc3F)[nH]c2C1. The van der Waals surface area contributed by atoms with Crippen molar-refractivity contribution in [3.05, 3.63) is 41.2 Å². The molecule has 1 aromatic carbocycles. The largest absolute Gasteiger partial charge is 0.391 e. The van der Waals surface area contributed by atoms with Gasteiger partial charge in [0.2, 0.25) is 5.91 Å². The number of hydrogen-bond acceptors (Lipinski definition) is 4. The van der Waals surface area contributed by atoms with Gasteiger partial charge >= 0.3 is 0 Å². The molecule has 1 amide bonds. The number of halogens is 2. The molecule has 1 aliphatic rings. The Kier molecular flexibility index (Phi) is 4.33. The van der Waals surface area contributed by atoms with Crippen LogP contribution in [-0.4, -0.2) is 44.6 Å². The Morgan fingerprint density at radius 1 is 1.46 bits per heavy atom. The number of nitrogens with zero attached hydrogens (tertiary/aromatic N) is 2. The van der Waals surface area contributed by atoms with Crippen molar-refractivity contribution in [1.82, 2.24) is 14.9 Å². The molecular formula is C16H18F2N4O2. The number of carbonyl (C=O) groups excluding carboxylic acids is 1.